The maximum atomic E-state index is 11.9. The fraction of sp³-hybridized carbons (Fsp3) is 0.455. The third-order valence-electron chi connectivity index (χ3n) is 2.22. The van der Waals surface area contributed by atoms with E-state index in [-0.39, 0.29) is 17.4 Å². The Kier molecular flexibility index (Phi) is 4.25. The average molecular weight is 223 g/mol. The number of pyridine rings is 1. The molecule has 1 heterocycles. The molecule has 0 bridgehead atoms. The van der Waals surface area contributed by atoms with Gasteiger partial charge in [-0.15, -0.1) is 0 Å². The Hall–Kier alpha value is -1.62. The van der Waals surface area contributed by atoms with E-state index in [1.807, 2.05) is 19.0 Å². The van der Waals surface area contributed by atoms with Gasteiger partial charge in [-0.25, -0.2) is 4.98 Å². The molecule has 1 rings (SSSR count). The van der Waals surface area contributed by atoms with Crippen molar-refractivity contribution < 1.29 is 9.90 Å². The van der Waals surface area contributed by atoms with Crippen LogP contribution in [0.25, 0.3) is 0 Å². The SMILES string of the molecule is CN(C)CCN(C)C(=O)c1ncccc1O. The molecule has 0 aliphatic carbocycles. The zero-order valence-electron chi connectivity index (χ0n) is 9.84. The minimum absolute atomic E-state index is 0.0794. The van der Waals surface area contributed by atoms with Crippen LogP contribution in [0.3, 0.4) is 0 Å². The van der Waals surface area contributed by atoms with Gasteiger partial charge in [-0.2, -0.15) is 0 Å². The topological polar surface area (TPSA) is 56.7 Å². The molecule has 0 atom stereocenters. The number of aromatic hydroxyl groups is 1. The van der Waals surface area contributed by atoms with Crippen molar-refractivity contribution in [2.45, 2.75) is 0 Å². The van der Waals surface area contributed by atoms with Gasteiger partial charge in [-0.05, 0) is 26.2 Å². The number of carbonyl (C=O) groups excluding carboxylic acids is 1. The fourth-order valence-corrected chi connectivity index (χ4v) is 1.19. The normalized spacial score (nSPS) is 10.5. The van der Waals surface area contributed by atoms with Gasteiger partial charge < -0.3 is 14.9 Å². The van der Waals surface area contributed by atoms with Gasteiger partial charge in [0.15, 0.2) is 5.69 Å². The monoisotopic (exact) mass is 223 g/mol. The second kappa shape index (κ2) is 5.46. The van der Waals surface area contributed by atoms with Crippen LogP contribution in [0, 0.1) is 0 Å². The summed E-state index contributed by atoms with van der Waals surface area (Å²) >= 11 is 0. The van der Waals surface area contributed by atoms with Crippen LogP contribution in [-0.2, 0) is 0 Å². The van der Waals surface area contributed by atoms with E-state index in [4.69, 9.17) is 0 Å². The highest BCUT2D eigenvalue weighted by Crippen LogP contribution is 2.14. The molecule has 1 aromatic rings. The van der Waals surface area contributed by atoms with Crippen LogP contribution in [0.4, 0.5) is 0 Å². The van der Waals surface area contributed by atoms with Crippen LogP contribution in [0.2, 0.25) is 0 Å². The van der Waals surface area contributed by atoms with Gasteiger partial charge in [-0.1, -0.05) is 0 Å². The number of aromatic nitrogens is 1. The van der Waals surface area contributed by atoms with E-state index in [2.05, 4.69) is 4.98 Å². The summed E-state index contributed by atoms with van der Waals surface area (Å²) in [4.78, 5) is 19.3. The Labute approximate surface area is 95.3 Å². The van der Waals surface area contributed by atoms with E-state index in [0.29, 0.717) is 6.54 Å². The first kappa shape index (κ1) is 12.4. The second-order valence-electron chi connectivity index (χ2n) is 3.90. The molecular formula is C11H17N3O2. The van der Waals surface area contributed by atoms with Gasteiger partial charge in [0.05, 0.1) is 0 Å². The summed E-state index contributed by atoms with van der Waals surface area (Å²) in [6, 6.07) is 3.05. The number of likely N-dealkylation sites (N-methyl/N-ethyl adjacent to an activating group) is 2. The van der Waals surface area contributed by atoms with Crippen molar-refractivity contribution in [2.75, 3.05) is 34.2 Å². The molecule has 0 saturated heterocycles. The smallest absolute Gasteiger partial charge is 0.276 e. The van der Waals surface area contributed by atoms with E-state index in [9.17, 15) is 9.90 Å². The molecule has 88 valence electrons. The lowest BCUT2D eigenvalue weighted by molar-refractivity contribution is 0.0777. The molecular weight excluding hydrogens is 206 g/mol. The highest BCUT2D eigenvalue weighted by Gasteiger charge is 2.16. The van der Waals surface area contributed by atoms with E-state index >= 15 is 0 Å². The van der Waals surface area contributed by atoms with Crippen LogP contribution < -0.4 is 0 Å². The molecule has 1 amide bonds. The lowest BCUT2D eigenvalue weighted by Crippen LogP contribution is -2.33. The van der Waals surface area contributed by atoms with E-state index in [1.165, 1.54) is 12.3 Å². The number of amides is 1. The van der Waals surface area contributed by atoms with E-state index in [0.717, 1.165) is 6.54 Å². The van der Waals surface area contributed by atoms with Gasteiger partial charge in [0.2, 0.25) is 0 Å². The Bertz CT molecular complexity index is 366. The number of nitrogens with zero attached hydrogens (tertiary/aromatic N) is 3. The highest BCUT2D eigenvalue weighted by molar-refractivity contribution is 5.94. The molecule has 0 unspecified atom stereocenters. The van der Waals surface area contributed by atoms with E-state index in [1.54, 1.807) is 18.0 Å². The van der Waals surface area contributed by atoms with Crippen molar-refractivity contribution >= 4 is 5.91 Å². The standard InChI is InChI=1S/C11H17N3O2/c1-13(2)7-8-14(3)11(16)10-9(15)5-4-6-12-10/h4-6,15H,7-8H2,1-3H3. The summed E-state index contributed by atoms with van der Waals surface area (Å²) in [5, 5.41) is 9.49. The summed E-state index contributed by atoms with van der Waals surface area (Å²) in [7, 11) is 5.58. The number of carbonyl (C=O) groups is 1. The molecule has 0 spiro atoms. The average Bonchev–Trinajstić information content (AvgIpc) is 2.25. The zero-order valence-corrected chi connectivity index (χ0v) is 9.84. The summed E-state index contributed by atoms with van der Waals surface area (Å²) < 4.78 is 0. The molecule has 0 aliphatic heterocycles. The Morgan fingerprint density at radius 2 is 2.06 bits per heavy atom. The minimum Gasteiger partial charge on any atom is -0.505 e. The van der Waals surface area contributed by atoms with Crippen LogP contribution in [0.1, 0.15) is 10.5 Å². The quantitative estimate of drug-likeness (QED) is 0.803. The summed E-state index contributed by atoms with van der Waals surface area (Å²) in [6.07, 6.45) is 1.49. The van der Waals surface area contributed by atoms with Gasteiger partial charge >= 0.3 is 0 Å². The van der Waals surface area contributed by atoms with Crippen LogP contribution >= 0.6 is 0 Å². The summed E-state index contributed by atoms with van der Waals surface area (Å²) in [5.41, 5.74) is 0.101. The van der Waals surface area contributed by atoms with Crippen molar-refractivity contribution in [1.82, 2.24) is 14.8 Å². The Morgan fingerprint density at radius 3 is 2.62 bits per heavy atom. The zero-order chi connectivity index (χ0) is 12.1. The van der Waals surface area contributed by atoms with Gasteiger partial charge in [0, 0.05) is 26.3 Å². The van der Waals surface area contributed by atoms with Crippen molar-refractivity contribution in [3.63, 3.8) is 0 Å². The highest BCUT2D eigenvalue weighted by atomic mass is 16.3. The molecule has 5 heteroatoms. The molecule has 0 aromatic carbocycles. The van der Waals surface area contributed by atoms with Gasteiger partial charge in [-0.3, -0.25) is 4.79 Å². The van der Waals surface area contributed by atoms with Gasteiger partial charge in [0.25, 0.3) is 5.91 Å². The maximum Gasteiger partial charge on any atom is 0.276 e. The fourth-order valence-electron chi connectivity index (χ4n) is 1.19. The molecule has 1 aromatic heterocycles. The predicted octanol–water partition coefficient (Wildman–Crippen LogP) is 0.421. The Balaban J connectivity index is 2.67. The first-order chi connectivity index (χ1) is 7.52. The lowest BCUT2D eigenvalue weighted by atomic mass is 10.3. The Morgan fingerprint density at radius 1 is 1.38 bits per heavy atom. The minimum atomic E-state index is -0.264. The lowest BCUT2D eigenvalue weighted by Gasteiger charge is -2.19. The van der Waals surface area contributed by atoms with Crippen molar-refractivity contribution in [3.05, 3.63) is 24.0 Å². The number of rotatable bonds is 4. The number of hydrogen-bond donors (Lipinski definition) is 1. The van der Waals surface area contributed by atoms with Crippen molar-refractivity contribution in [1.29, 1.82) is 0 Å². The molecule has 5 nitrogen and oxygen atoms in total. The van der Waals surface area contributed by atoms with E-state index < -0.39 is 0 Å². The summed E-state index contributed by atoms with van der Waals surface area (Å²) in [5.74, 6) is -0.343. The number of hydrogen-bond acceptors (Lipinski definition) is 4. The first-order valence-electron chi connectivity index (χ1n) is 5.06. The molecule has 0 fully saturated rings. The molecule has 1 N–H and O–H groups in total. The third-order valence-corrected chi connectivity index (χ3v) is 2.22. The first-order valence-corrected chi connectivity index (χ1v) is 5.06. The molecule has 0 aliphatic rings. The van der Waals surface area contributed by atoms with Crippen LogP contribution in [-0.4, -0.2) is 60.0 Å². The summed E-state index contributed by atoms with van der Waals surface area (Å²) in [6.45, 7) is 1.37. The molecule has 0 saturated carbocycles. The predicted molar refractivity (Wildman–Crippen MR) is 61.4 cm³/mol. The van der Waals surface area contributed by atoms with Gasteiger partial charge in [0.1, 0.15) is 5.75 Å². The van der Waals surface area contributed by atoms with Crippen LogP contribution in [0.5, 0.6) is 5.75 Å². The largest absolute Gasteiger partial charge is 0.505 e. The molecule has 0 radical (unpaired) electrons. The van der Waals surface area contributed by atoms with Crippen molar-refractivity contribution in [2.24, 2.45) is 0 Å². The maximum absolute atomic E-state index is 11.9. The third kappa shape index (κ3) is 3.20. The van der Waals surface area contributed by atoms with Crippen LogP contribution in [0.15, 0.2) is 18.3 Å². The second-order valence-corrected chi connectivity index (χ2v) is 3.90. The molecule has 16 heavy (non-hydrogen) atoms. The van der Waals surface area contributed by atoms with Crippen molar-refractivity contribution in [3.8, 4) is 5.75 Å².